The van der Waals surface area contributed by atoms with E-state index in [1.807, 2.05) is 31.2 Å². The average molecular weight is 204 g/mol. The van der Waals surface area contributed by atoms with E-state index in [1.165, 1.54) is 7.11 Å². The number of hydrogen-bond acceptors (Lipinski definition) is 3. The van der Waals surface area contributed by atoms with Crippen LogP contribution >= 0.6 is 0 Å². The number of methoxy groups -OCH3 is 1. The molecule has 0 fully saturated rings. The third kappa shape index (κ3) is 1.50. The van der Waals surface area contributed by atoms with Gasteiger partial charge in [0.1, 0.15) is 11.1 Å². The van der Waals surface area contributed by atoms with Gasteiger partial charge in [0.15, 0.2) is 5.78 Å². The second-order valence-electron chi connectivity index (χ2n) is 3.24. The number of para-hydroxylation sites is 1. The molecular formula is C12H12O3. The molecule has 0 saturated heterocycles. The topological polar surface area (TPSA) is 39.4 Å². The van der Waals surface area contributed by atoms with Crippen molar-refractivity contribution in [3.63, 3.8) is 0 Å². The summed E-state index contributed by atoms with van der Waals surface area (Å²) < 4.78 is 10.5. The lowest BCUT2D eigenvalue weighted by Gasteiger charge is -1.97. The molecule has 3 heteroatoms. The Morgan fingerprint density at radius 2 is 2.13 bits per heavy atom. The van der Waals surface area contributed by atoms with Gasteiger partial charge >= 0.3 is 0 Å². The van der Waals surface area contributed by atoms with Crippen LogP contribution in [0.3, 0.4) is 0 Å². The zero-order chi connectivity index (χ0) is 10.8. The molecule has 0 amide bonds. The lowest BCUT2D eigenvalue weighted by Crippen LogP contribution is -1.97. The zero-order valence-corrected chi connectivity index (χ0v) is 8.74. The number of ether oxygens (including phenoxy) is 1. The number of Topliss-reactive ketones (excluding diaryl/α,β-unsaturated/α-hetero) is 1. The van der Waals surface area contributed by atoms with E-state index in [4.69, 9.17) is 9.15 Å². The first-order valence-corrected chi connectivity index (χ1v) is 4.86. The van der Waals surface area contributed by atoms with Crippen molar-refractivity contribution in [2.45, 2.75) is 13.3 Å². The first-order chi connectivity index (χ1) is 7.27. The molecule has 0 radical (unpaired) electrons. The second-order valence-corrected chi connectivity index (χ2v) is 3.24. The number of benzene rings is 1. The largest absolute Gasteiger partial charge is 0.468 e. The standard InChI is InChI=1S/C12H12O3/c1-3-9(13)11-8-6-4-5-7-10(8)15-12(11)14-2/h4-7H,3H2,1-2H3. The van der Waals surface area contributed by atoms with Crippen LogP contribution < -0.4 is 4.74 Å². The molecule has 0 aliphatic carbocycles. The molecule has 1 aromatic carbocycles. The molecule has 0 bridgehead atoms. The van der Waals surface area contributed by atoms with Gasteiger partial charge in [0, 0.05) is 11.8 Å². The normalized spacial score (nSPS) is 10.5. The smallest absolute Gasteiger partial charge is 0.296 e. The maximum absolute atomic E-state index is 11.7. The maximum atomic E-state index is 11.7. The van der Waals surface area contributed by atoms with Crippen LogP contribution in [0.1, 0.15) is 23.7 Å². The lowest BCUT2D eigenvalue weighted by atomic mass is 10.1. The molecule has 0 atom stereocenters. The molecule has 15 heavy (non-hydrogen) atoms. The highest BCUT2D eigenvalue weighted by Gasteiger charge is 2.19. The highest BCUT2D eigenvalue weighted by molar-refractivity contribution is 6.09. The monoisotopic (exact) mass is 204 g/mol. The SMILES string of the molecule is CCC(=O)c1c(OC)oc2ccccc12. The van der Waals surface area contributed by atoms with Crippen molar-refractivity contribution in [1.82, 2.24) is 0 Å². The van der Waals surface area contributed by atoms with E-state index in [0.717, 1.165) is 5.39 Å². The molecular weight excluding hydrogens is 192 g/mol. The van der Waals surface area contributed by atoms with E-state index >= 15 is 0 Å². The summed E-state index contributed by atoms with van der Waals surface area (Å²) in [6, 6.07) is 7.43. The molecule has 2 aromatic rings. The van der Waals surface area contributed by atoms with Crippen LogP contribution in [0, 0.1) is 0 Å². The molecule has 0 spiro atoms. The Morgan fingerprint density at radius 3 is 2.80 bits per heavy atom. The van der Waals surface area contributed by atoms with E-state index < -0.39 is 0 Å². The van der Waals surface area contributed by atoms with Crippen LogP contribution in [0.2, 0.25) is 0 Å². The number of rotatable bonds is 3. The fourth-order valence-electron chi connectivity index (χ4n) is 1.61. The van der Waals surface area contributed by atoms with Crippen LogP contribution in [-0.4, -0.2) is 12.9 Å². The van der Waals surface area contributed by atoms with Crippen LogP contribution in [0.5, 0.6) is 5.95 Å². The number of carbonyl (C=O) groups is 1. The molecule has 78 valence electrons. The molecule has 0 N–H and O–H groups in total. The highest BCUT2D eigenvalue weighted by Crippen LogP contribution is 2.32. The number of fused-ring (bicyclic) bond motifs is 1. The average Bonchev–Trinajstić information content (AvgIpc) is 2.66. The van der Waals surface area contributed by atoms with Gasteiger partial charge in [-0.05, 0) is 6.07 Å². The zero-order valence-electron chi connectivity index (χ0n) is 8.74. The van der Waals surface area contributed by atoms with Crippen LogP contribution in [-0.2, 0) is 0 Å². The maximum Gasteiger partial charge on any atom is 0.296 e. The first-order valence-electron chi connectivity index (χ1n) is 4.86. The predicted octanol–water partition coefficient (Wildman–Crippen LogP) is 3.03. The Bertz CT molecular complexity index is 497. The van der Waals surface area contributed by atoms with Gasteiger partial charge < -0.3 is 9.15 Å². The molecule has 1 aromatic heterocycles. The van der Waals surface area contributed by atoms with E-state index in [0.29, 0.717) is 23.5 Å². The van der Waals surface area contributed by atoms with Crippen molar-refractivity contribution >= 4 is 16.8 Å². The first kappa shape index (κ1) is 9.77. The molecule has 0 saturated carbocycles. The van der Waals surface area contributed by atoms with Gasteiger partial charge in [-0.15, -0.1) is 0 Å². The Morgan fingerprint density at radius 1 is 1.40 bits per heavy atom. The summed E-state index contributed by atoms with van der Waals surface area (Å²) in [7, 11) is 1.50. The van der Waals surface area contributed by atoms with Gasteiger partial charge in [0.2, 0.25) is 0 Å². The summed E-state index contributed by atoms with van der Waals surface area (Å²) in [5.41, 5.74) is 1.24. The number of hydrogen-bond donors (Lipinski definition) is 0. The minimum atomic E-state index is 0.0387. The Balaban J connectivity index is 2.72. The minimum absolute atomic E-state index is 0.0387. The van der Waals surface area contributed by atoms with Gasteiger partial charge in [0.05, 0.1) is 7.11 Å². The fraction of sp³-hybridized carbons (Fsp3) is 0.250. The van der Waals surface area contributed by atoms with Gasteiger partial charge in [0.25, 0.3) is 5.95 Å². The van der Waals surface area contributed by atoms with E-state index in [2.05, 4.69) is 0 Å². The Labute approximate surface area is 87.6 Å². The van der Waals surface area contributed by atoms with E-state index in [-0.39, 0.29) is 5.78 Å². The summed E-state index contributed by atoms with van der Waals surface area (Å²) in [4.78, 5) is 11.7. The summed E-state index contributed by atoms with van der Waals surface area (Å²) in [6.07, 6.45) is 0.444. The molecule has 0 unspecified atom stereocenters. The van der Waals surface area contributed by atoms with Crippen molar-refractivity contribution in [1.29, 1.82) is 0 Å². The quantitative estimate of drug-likeness (QED) is 0.721. The van der Waals surface area contributed by atoms with Gasteiger partial charge in [-0.3, -0.25) is 4.79 Å². The van der Waals surface area contributed by atoms with Gasteiger partial charge in [-0.2, -0.15) is 0 Å². The van der Waals surface area contributed by atoms with E-state index in [9.17, 15) is 4.79 Å². The summed E-state index contributed by atoms with van der Waals surface area (Å²) in [5.74, 6) is 0.347. The van der Waals surface area contributed by atoms with Crippen LogP contribution in [0.15, 0.2) is 28.7 Å². The molecule has 0 aliphatic rings. The Kier molecular flexibility index (Phi) is 2.46. The summed E-state index contributed by atoms with van der Waals surface area (Å²) >= 11 is 0. The Hall–Kier alpha value is -1.77. The predicted molar refractivity (Wildman–Crippen MR) is 57.4 cm³/mol. The van der Waals surface area contributed by atoms with Crippen LogP contribution in [0.25, 0.3) is 11.0 Å². The molecule has 1 heterocycles. The van der Waals surface area contributed by atoms with Gasteiger partial charge in [-0.25, -0.2) is 0 Å². The number of furan rings is 1. The third-order valence-electron chi connectivity index (χ3n) is 2.35. The van der Waals surface area contributed by atoms with Gasteiger partial charge in [-0.1, -0.05) is 25.1 Å². The van der Waals surface area contributed by atoms with E-state index in [1.54, 1.807) is 0 Å². The molecule has 3 nitrogen and oxygen atoms in total. The minimum Gasteiger partial charge on any atom is -0.468 e. The second kappa shape index (κ2) is 3.77. The molecule has 2 rings (SSSR count). The van der Waals surface area contributed by atoms with Crippen LogP contribution in [0.4, 0.5) is 0 Å². The van der Waals surface area contributed by atoms with Crippen molar-refractivity contribution in [3.05, 3.63) is 29.8 Å². The number of ketones is 1. The van der Waals surface area contributed by atoms with Crippen molar-refractivity contribution in [2.24, 2.45) is 0 Å². The van der Waals surface area contributed by atoms with Crippen molar-refractivity contribution < 1.29 is 13.9 Å². The highest BCUT2D eigenvalue weighted by atomic mass is 16.6. The van der Waals surface area contributed by atoms with Crippen molar-refractivity contribution in [3.8, 4) is 5.95 Å². The fourth-order valence-corrected chi connectivity index (χ4v) is 1.61. The summed E-state index contributed by atoms with van der Waals surface area (Å²) in [6.45, 7) is 1.82. The summed E-state index contributed by atoms with van der Waals surface area (Å²) in [5, 5.41) is 0.821. The third-order valence-corrected chi connectivity index (χ3v) is 2.35. The lowest BCUT2D eigenvalue weighted by molar-refractivity contribution is 0.0984. The number of carbonyl (C=O) groups excluding carboxylic acids is 1. The van der Waals surface area contributed by atoms with Crippen molar-refractivity contribution in [2.75, 3.05) is 7.11 Å². The molecule has 0 aliphatic heterocycles.